The van der Waals surface area contributed by atoms with E-state index >= 15 is 0 Å². The van der Waals surface area contributed by atoms with Crippen LogP contribution in [0.4, 0.5) is 0 Å². The molecular formula is C12H14N4O10. The van der Waals surface area contributed by atoms with Crippen molar-refractivity contribution in [1.29, 1.82) is 0 Å². The van der Waals surface area contributed by atoms with Crippen molar-refractivity contribution in [3.05, 3.63) is 53.3 Å². The van der Waals surface area contributed by atoms with E-state index in [9.17, 15) is 29.8 Å². The predicted octanol–water partition coefficient (Wildman–Crippen LogP) is -1.32. The molecule has 1 aromatic rings. The smallest absolute Gasteiger partial charge is 0.347 e. The van der Waals surface area contributed by atoms with Crippen molar-refractivity contribution >= 4 is 0 Å². The van der Waals surface area contributed by atoms with Gasteiger partial charge < -0.3 is 19.0 Å². The van der Waals surface area contributed by atoms with Crippen LogP contribution in [0, 0.1) is 20.2 Å². The maximum absolute atomic E-state index is 12.3. The van der Waals surface area contributed by atoms with Gasteiger partial charge in [0, 0.05) is 16.9 Å². The van der Waals surface area contributed by atoms with Gasteiger partial charge in [0.1, 0.15) is 24.9 Å². The van der Waals surface area contributed by atoms with Crippen LogP contribution in [-0.4, -0.2) is 50.1 Å². The molecule has 0 amide bonds. The number of nitro groups is 1. The van der Waals surface area contributed by atoms with Crippen LogP contribution in [0.2, 0.25) is 0 Å². The molecule has 0 radical (unpaired) electrons. The maximum Gasteiger partial charge on any atom is 0.394 e. The lowest BCUT2D eigenvalue weighted by atomic mass is 10.1. The molecule has 3 rings (SSSR count). The van der Waals surface area contributed by atoms with Crippen LogP contribution in [0.25, 0.3) is 0 Å². The average Bonchev–Trinajstić information content (AvgIpc) is 2.98. The number of aromatic nitrogens is 2. The van der Waals surface area contributed by atoms with E-state index in [1.807, 2.05) is 0 Å². The Hall–Kier alpha value is -2.84. The molecule has 0 aliphatic carbocycles. The van der Waals surface area contributed by atoms with Crippen molar-refractivity contribution in [2.75, 3.05) is 6.61 Å². The zero-order valence-electron chi connectivity index (χ0n) is 13.5. The summed E-state index contributed by atoms with van der Waals surface area (Å²) in [6, 6.07) is 0.824. The molecule has 2 aliphatic rings. The van der Waals surface area contributed by atoms with E-state index in [1.165, 1.54) is 0 Å². The Morgan fingerprint density at radius 1 is 1.23 bits per heavy atom. The van der Waals surface area contributed by atoms with Crippen molar-refractivity contribution < 1.29 is 29.2 Å². The van der Waals surface area contributed by atoms with E-state index < -0.39 is 58.3 Å². The van der Waals surface area contributed by atoms with Gasteiger partial charge in [-0.05, 0) is 13.8 Å². The average molecular weight is 374 g/mol. The first-order valence-corrected chi connectivity index (χ1v) is 7.38. The Balaban J connectivity index is 1.99. The van der Waals surface area contributed by atoms with Gasteiger partial charge in [-0.3, -0.25) is 9.36 Å². The molecule has 0 saturated carbocycles. The van der Waals surface area contributed by atoms with Gasteiger partial charge in [0.2, 0.25) is 0 Å². The van der Waals surface area contributed by atoms with E-state index in [0.29, 0.717) is 0 Å². The summed E-state index contributed by atoms with van der Waals surface area (Å²) < 4.78 is 17.5. The van der Waals surface area contributed by atoms with Crippen LogP contribution < -0.4 is 11.2 Å². The van der Waals surface area contributed by atoms with Gasteiger partial charge in [0.05, 0.1) is 0 Å². The molecule has 3 heterocycles. The Morgan fingerprint density at radius 2 is 1.88 bits per heavy atom. The molecule has 2 aliphatic heterocycles. The van der Waals surface area contributed by atoms with Gasteiger partial charge in [-0.15, -0.1) is 10.1 Å². The molecule has 0 unspecified atom stereocenters. The number of fused-ring (bicyclic) bond motifs is 1. The highest BCUT2D eigenvalue weighted by Gasteiger charge is 2.56. The summed E-state index contributed by atoms with van der Waals surface area (Å²) in [6.45, 7) is 2.69. The van der Waals surface area contributed by atoms with Crippen LogP contribution in [0.3, 0.4) is 0 Å². The lowest BCUT2D eigenvalue weighted by Crippen LogP contribution is -2.45. The monoisotopic (exact) mass is 374 g/mol. The molecule has 2 saturated heterocycles. The minimum atomic E-state index is -1.25. The second-order valence-electron chi connectivity index (χ2n) is 6.04. The minimum Gasteiger partial charge on any atom is -0.347 e. The highest BCUT2D eigenvalue weighted by Crippen LogP contribution is 2.42. The molecule has 0 spiro atoms. The third-order valence-corrected chi connectivity index (χ3v) is 3.90. The van der Waals surface area contributed by atoms with E-state index in [4.69, 9.17) is 14.2 Å². The van der Waals surface area contributed by atoms with Crippen LogP contribution in [-0.2, 0) is 19.0 Å². The number of nitrogens with zero attached hydrogens (tertiary/aromatic N) is 4. The Morgan fingerprint density at radius 3 is 2.50 bits per heavy atom. The van der Waals surface area contributed by atoms with Crippen molar-refractivity contribution in [3.8, 4) is 0 Å². The summed E-state index contributed by atoms with van der Waals surface area (Å²) in [5, 5.41) is 19.2. The standard InChI is InChI=1S/C12H14N4O10/c1-12(2)25-8-6(5-23-16(21)22)24-10(9(8)26-12)13-4-3-7(17)14(11(13)18)15(19)20/h3-4,6,8-10H,5H2,1-2H3/t6-,8-,9-,10-/m1/s1. The Bertz CT molecular complexity index is 860. The van der Waals surface area contributed by atoms with Crippen LogP contribution in [0.1, 0.15) is 20.1 Å². The van der Waals surface area contributed by atoms with Crippen LogP contribution in [0.15, 0.2) is 21.9 Å². The zero-order valence-corrected chi connectivity index (χ0v) is 13.5. The first-order chi connectivity index (χ1) is 12.1. The number of hydrogen-bond donors (Lipinski definition) is 0. The summed E-state index contributed by atoms with van der Waals surface area (Å²) in [4.78, 5) is 49.5. The van der Waals surface area contributed by atoms with Crippen molar-refractivity contribution in [3.63, 3.8) is 0 Å². The second-order valence-corrected chi connectivity index (χ2v) is 6.04. The van der Waals surface area contributed by atoms with E-state index in [0.717, 1.165) is 16.8 Å². The molecule has 2 fully saturated rings. The van der Waals surface area contributed by atoms with Crippen molar-refractivity contribution in [1.82, 2.24) is 9.24 Å². The number of hydrogen-bond acceptors (Lipinski definition) is 10. The van der Waals surface area contributed by atoms with Gasteiger partial charge in [-0.25, -0.2) is 14.9 Å². The van der Waals surface area contributed by atoms with Gasteiger partial charge in [-0.2, -0.15) is 0 Å². The molecule has 0 N–H and O–H groups in total. The third kappa shape index (κ3) is 3.04. The fourth-order valence-corrected chi connectivity index (χ4v) is 2.98. The topological polar surface area (TPSA) is 167 Å². The highest BCUT2D eigenvalue weighted by atomic mass is 17.0. The molecule has 14 nitrogen and oxygen atoms in total. The summed E-state index contributed by atoms with van der Waals surface area (Å²) in [5.74, 6) is -1.08. The normalized spacial score (nSPS) is 29.3. The summed E-state index contributed by atoms with van der Waals surface area (Å²) in [6.07, 6.45) is -2.88. The Labute approximate surface area is 143 Å². The van der Waals surface area contributed by atoms with Gasteiger partial charge in [0.25, 0.3) is 5.09 Å². The van der Waals surface area contributed by atoms with Crippen LogP contribution in [0.5, 0.6) is 0 Å². The first-order valence-electron chi connectivity index (χ1n) is 7.38. The SMILES string of the molecule is CC1(C)O[C@@H]2[C@H](O1)[C@@H](CO[N+](=O)[O-])O[C@H]2n1ccc(=O)n([N+](=O)[O-])c1=O. The second kappa shape index (κ2) is 6.15. The molecule has 26 heavy (non-hydrogen) atoms. The fourth-order valence-electron chi connectivity index (χ4n) is 2.98. The third-order valence-electron chi connectivity index (χ3n) is 3.90. The van der Waals surface area contributed by atoms with Gasteiger partial charge in [0.15, 0.2) is 17.0 Å². The molecule has 1 aromatic heterocycles. The van der Waals surface area contributed by atoms with E-state index in [1.54, 1.807) is 13.8 Å². The van der Waals surface area contributed by atoms with Gasteiger partial charge >= 0.3 is 11.2 Å². The number of ether oxygens (including phenoxy) is 3. The summed E-state index contributed by atoms with van der Waals surface area (Å²) in [7, 11) is 0. The largest absolute Gasteiger partial charge is 0.394 e. The van der Waals surface area contributed by atoms with Crippen molar-refractivity contribution in [2.45, 2.75) is 44.2 Å². The van der Waals surface area contributed by atoms with Crippen LogP contribution >= 0.6 is 0 Å². The molecule has 0 aromatic carbocycles. The van der Waals surface area contributed by atoms with Crippen molar-refractivity contribution in [2.24, 2.45) is 0 Å². The number of rotatable bonds is 5. The fraction of sp³-hybridized carbons (Fsp3) is 0.667. The first kappa shape index (κ1) is 18.0. The summed E-state index contributed by atoms with van der Waals surface area (Å²) >= 11 is 0. The maximum atomic E-state index is 12.3. The van der Waals surface area contributed by atoms with Gasteiger partial charge in [-0.1, -0.05) is 0 Å². The highest BCUT2D eigenvalue weighted by molar-refractivity contribution is 4.98. The molecule has 142 valence electrons. The molecule has 14 heteroatoms. The molecule has 0 bridgehead atoms. The lowest BCUT2D eigenvalue weighted by Gasteiger charge is -2.24. The zero-order chi connectivity index (χ0) is 19.2. The lowest BCUT2D eigenvalue weighted by molar-refractivity contribution is -0.759. The molecule has 4 atom stereocenters. The minimum absolute atomic E-state index is 0.180. The quantitative estimate of drug-likeness (QED) is 0.445. The Kier molecular flexibility index (Phi) is 4.25. The van der Waals surface area contributed by atoms with E-state index in [-0.39, 0.29) is 4.68 Å². The summed E-state index contributed by atoms with van der Waals surface area (Å²) in [5.41, 5.74) is -2.38. The predicted molar refractivity (Wildman–Crippen MR) is 78.0 cm³/mol. The molecular weight excluding hydrogens is 360 g/mol. The van der Waals surface area contributed by atoms with E-state index in [2.05, 4.69) is 4.84 Å².